The van der Waals surface area contributed by atoms with Gasteiger partial charge in [-0.15, -0.1) is 0 Å². The molecule has 22 heavy (non-hydrogen) atoms. The van der Waals surface area contributed by atoms with E-state index in [2.05, 4.69) is 32.2 Å². The lowest BCUT2D eigenvalue weighted by Crippen LogP contribution is -2.07. The minimum absolute atomic E-state index is 0.628. The van der Waals surface area contributed by atoms with Gasteiger partial charge in [0, 0.05) is 25.4 Å². The van der Waals surface area contributed by atoms with Crippen LogP contribution in [0, 0.1) is 0 Å². The van der Waals surface area contributed by atoms with Gasteiger partial charge in [0.15, 0.2) is 11.5 Å². The Labute approximate surface area is 128 Å². The molecule has 1 N–H and O–H groups in total. The number of fused-ring (bicyclic) bond motifs is 1. The fourth-order valence-corrected chi connectivity index (χ4v) is 2.28. The Morgan fingerprint density at radius 2 is 2.14 bits per heavy atom. The number of imidazole rings is 1. The molecule has 0 saturated heterocycles. The van der Waals surface area contributed by atoms with Crippen molar-refractivity contribution in [2.75, 3.05) is 19.0 Å². The summed E-state index contributed by atoms with van der Waals surface area (Å²) in [5, 5.41) is 3.32. The molecular formula is C15H18N6O. The van der Waals surface area contributed by atoms with Crippen molar-refractivity contribution in [1.82, 2.24) is 24.5 Å². The number of rotatable bonds is 6. The zero-order valence-electron chi connectivity index (χ0n) is 12.7. The molecule has 0 fully saturated rings. The SMILES string of the molecule is CCn1cnc2c(NCCc3ccnc(OC)c3)ncnc21. The van der Waals surface area contributed by atoms with Gasteiger partial charge in [-0.05, 0) is 25.0 Å². The van der Waals surface area contributed by atoms with Crippen molar-refractivity contribution in [3.63, 3.8) is 0 Å². The van der Waals surface area contributed by atoms with Crippen LogP contribution in [-0.2, 0) is 13.0 Å². The van der Waals surface area contributed by atoms with Crippen LogP contribution in [0.1, 0.15) is 12.5 Å². The number of nitrogens with one attached hydrogen (secondary N) is 1. The molecule has 0 aliphatic carbocycles. The van der Waals surface area contributed by atoms with Gasteiger partial charge in [-0.3, -0.25) is 0 Å². The van der Waals surface area contributed by atoms with E-state index in [1.54, 1.807) is 26.0 Å². The lowest BCUT2D eigenvalue weighted by molar-refractivity contribution is 0.397. The molecule has 0 bridgehead atoms. The summed E-state index contributed by atoms with van der Waals surface area (Å²) < 4.78 is 7.12. The number of methoxy groups -OCH3 is 1. The number of hydrogen-bond acceptors (Lipinski definition) is 6. The molecule has 0 aromatic carbocycles. The van der Waals surface area contributed by atoms with E-state index >= 15 is 0 Å². The van der Waals surface area contributed by atoms with Crippen molar-refractivity contribution in [3.05, 3.63) is 36.5 Å². The maximum Gasteiger partial charge on any atom is 0.213 e. The number of pyridine rings is 1. The Bertz CT molecular complexity index is 770. The Kier molecular flexibility index (Phi) is 4.13. The van der Waals surface area contributed by atoms with Crippen LogP contribution in [0.2, 0.25) is 0 Å². The highest BCUT2D eigenvalue weighted by Gasteiger charge is 2.08. The van der Waals surface area contributed by atoms with Crippen LogP contribution in [0.25, 0.3) is 11.2 Å². The predicted molar refractivity (Wildman–Crippen MR) is 84.0 cm³/mol. The van der Waals surface area contributed by atoms with E-state index < -0.39 is 0 Å². The Hall–Kier alpha value is -2.70. The van der Waals surface area contributed by atoms with Crippen molar-refractivity contribution in [3.8, 4) is 5.88 Å². The second-order valence-electron chi connectivity index (χ2n) is 4.81. The molecule has 0 aliphatic rings. The van der Waals surface area contributed by atoms with Crippen molar-refractivity contribution < 1.29 is 4.74 Å². The average Bonchev–Trinajstić information content (AvgIpc) is 2.99. The molecule has 7 heteroatoms. The summed E-state index contributed by atoms with van der Waals surface area (Å²) >= 11 is 0. The van der Waals surface area contributed by atoms with Crippen LogP contribution < -0.4 is 10.1 Å². The summed E-state index contributed by atoms with van der Waals surface area (Å²) in [5.74, 6) is 1.39. The number of anilines is 1. The van der Waals surface area contributed by atoms with Gasteiger partial charge < -0.3 is 14.6 Å². The van der Waals surface area contributed by atoms with E-state index in [0.29, 0.717) is 5.88 Å². The van der Waals surface area contributed by atoms with Crippen LogP contribution in [0.4, 0.5) is 5.82 Å². The van der Waals surface area contributed by atoms with Gasteiger partial charge in [0.1, 0.15) is 11.8 Å². The third kappa shape index (κ3) is 2.83. The zero-order valence-corrected chi connectivity index (χ0v) is 12.7. The maximum absolute atomic E-state index is 5.13. The fraction of sp³-hybridized carbons (Fsp3) is 0.333. The molecule has 0 amide bonds. The first kappa shape index (κ1) is 14.2. The van der Waals surface area contributed by atoms with Gasteiger partial charge in [-0.1, -0.05) is 0 Å². The summed E-state index contributed by atoms with van der Waals surface area (Å²) in [6, 6.07) is 3.91. The smallest absolute Gasteiger partial charge is 0.213 e. The summed E-state index contributed by atoms with van der Waals surface area (Å²) in [5.41, 5.74) is 2.81. The molecule has 114 valence electrons. The first-order valence-corrected chi connectivity index (χ1v) is 7.20. The highest BCUT2D eigenvalue weighted by Crippen LogP contribution is 2.17. The van der Waals surface area contributed by atoms with Crippen molar-refractivity contribution in [1.29, 1.82) is 0 Å². The molecule has 3 heterocycles. The highest BCUT2D eigenvalue weighted by molar-refractivity contribution is 5.82. The van der Waals surface area contributed by atoms with Crippen LogP contribution in [-0.4, -0.2) is 38.2 Å². The average molecular weight is 298 g/mol. The first-order chi connectivity index (χ1) is 10.8. The van der Waals surface area contributed by atoms with Gasteiger partial charge in [-0.2, -0.15) is 0 Å². The second-order valence-corrected chi connectivity index (χ2v) is 4.81. The number of aromatic nitrogens is 5. The van der Waals surface area contributed by atoms with Crippen molar-refractivity contribution in [2.24, 2.45) is 0 Å². The van der Waals surface area contributed by atoms with E-state index in [1.165, 1.54) is 0 Å². The minimum atomic E-state index is 0.628. The lowest BCUT2D eigenvalue weighted by atomic mass is 10.2. The van der Waals surface area contributed by atoms with E-state index in [-0.39, 0.29) is 0 Å². The van der Waals surface area contributed by atoms with E-state index in [0.717, 1.165) is 42.1 Å². The van der Waals surface area contributed by atoms with Crippen LogP contribution in [0.15, 0.2) is 31.0 Å². The Morgan fingerprint density at radius 3 is 2.95 bits per heavy atom. The molecule has 0 spiro atoms. The van der Waals surface area contributed by atoms with Gasteiger partial charge >= 0.3 is 0 Å². The van der Waals surface area contributed by atoms with Gasteiger partial charge in [-0.25, -0.2) is 19.9 Å². The van der Waals surface area contributed by atoms with E-state index in [1.807, 2.05) is 16.7 Å². The predicted octanol–water partition coefficient (Wildman–Crippen LogP) is 1.90. The standard InChI is InChI=1S/C15H18N6O/c1-3-21-10-20-13-14(18-9-19-15(13)21)17-7-5-11-4-6-16-12(8-11)22-2/h4,6,8-10H,3,5,7H2,1-2H3,(H,17,18,19). The number of nitrogens with zero attached hydrogens (tertiary/aromatic N) is 5. The Balaban J connectivity index is 1.70. The number of hydrogen-bond donors (Lipinski definition) is 1. The maximum atomic E-state index is 5.13. The van der Waals surface area contributed by atoms with Crippen LogP contribution >= 0.6 is 0 Å². The van der Waals surface area contributed by atoms with Crippen LogP contribution in [0.3, 0.4) is 0 Å². The largest absolute Gasteiger partial charge is 0.481 e. The molecule has 3 rings (SSSR count). The Morgan fingerprint density at radius 1 is 1.23 bits per heavy atom. The molecule has 0 radical (unpaired) electrons. The lowest BCUT2D eigenvalue weighted by Gasteiger charge is -2.07. The van der Waals surface area contributed by atoms with Gasteiger partial charge in [0.2, 0.25) is 5.88 Å². The quantitative estimate of drug-likeness (QED) is 0.749. The summed E-state index contributed by atoms with van der Waals surface area (Å²) in [4.78, 5) is 17.1. The minimum Gasteiger partial charge on any atom is -0.481 e. The topological polar surface area (TPSA) is 77.8 Å². The first-order valence-electron chi connectivity index (χ1n) is 7.20. The van der Waals surface area contributed by atoms with Gasteiger partial charge in [0.25, 0.3) is 0 Å². The third-order valence-corrected chi connectivity index (χ3v) is 3.46. The number of ether oxygens (including phenoxy) is 1. The fourth-order valence-electron chi connectivity index (χ4n) is 2.28. The van der Waals surface area contributed by atoms with Crippen molar-refractivity contribution >= 4 is 17.0 Å². The molecule has 0 aliphatic heterocycles. The van der Waals surface area contributed by atoms with Crippen LogP contribution in [0.5, 0.6) is 5.88 Å². The monoisotopic (exact) mass is 298 g/mol. The highest BCUT2D eigenvalue weighted by atomic mass is 16.5. The van der Waals surface area contributed by atoms with E-state index in [9.17, 15) is 0 Å². The molecule has 7 nitrogen and oxygen atoms in total. The zero-order chi connectivity index (χ0) is 15.4. The summed E-state index contributed by atoms with van der Waals surface area (Å²) in [7, 11) is 1.62. The summed E-state index contributed by atoms with van der Waals surface area (Å²) in [6.45, 7) is 3.65. The summed E-state index contributed by atoms with van der Waals surface area (Å²) in [6.07, 6.45) is 5.95. The molecule has 0 unspecified atom stereocenters. The van der Waals surface area contributed by atoms with Gasteiger partial charge in [0.05, 0.1) is 13.4 Å². The number of aryl methyl sites for hydroxylation is 1. The molecule has 3 aromatic heterocycles. The molecular weight excluding hydrogens is 280 g/mol. The molecule has 3 aromatic rings. The third-order valence-electron chi connectivity index (χ3n) is 3.46. The van der Waals surface area contributed by atoms with E-state index in [4.69, 9.17) is 4.74 Å². The molecule has 0 atom stereocenters. The normalized spacial score (nSPS) is 10.8. The van der Waals surface area contributed by atoms with Crippen molar-refractivity contribution in [2.45, 2.75) is 19.9 Å². The second kappa shape index (κ2) is 6.38. The molecule has 0 saturated carbocycles.